The van der Waals surface area contributed by atoms with Gasteiger partial charge in [0.15, 0.2) is 0 Å². The van der Waals surface area contributed by atoms with Gasteiger partial charge in [0, 0.05) is 0 Å². The molecule has 0 spiro atoms. The van der Waals surface area contributed by atoms with E-state index < -0.39 is 0 Å². The van der Waals surface area contributed by atoms with Crippen LogP contribution in [0.4, 0.5) is 0 Å². The summed E-state index contributed by atoms with van der Waals surface area (Å²) in [4.78, 5) is 0. The van der Waals surface area contributed by atoms with Gasteiger partial charge in [0.05, 0.1) is 23.3 Å². The molecule has 2 nitrogen and oxygen atoms in total. The fraction of sp³-hybridized carbons (Fsp3) is 0. The molecule has 0 radical (unpaired) electrons. The molecule has 0 bridgehead atoms. The highest BCUT2D eigenvalue weighted by molar-refractivity contribution is 6.21. The zero-order chi connectivity index (χ0) is 25.9. The van der Waals surface area contributed by atoms with E-state index in [4.69, 9.17) is 10.5 Å². The Hall–Kier alpha value is -5.44. The van der Waals surface area contributed by atoms with Crippen LogP contribution in [0.2, 0.25) is 0 Å². The van der Waals surface area contributed by atoms with Crippen LogP contribution < -0.4 is 0 Å². The van der Waals surface area contributed by atoms with Crippen molar-refractivity contribution in [2.45, 2.75) is 0 Å². The number of fused-ring (bicyclic) bond motifs is 5. The minimum atomic E-state index is 0.661. The van der Waals surface area contributed by atoms with E-state index in [0.29, 0.717) is 11.1 Å². The molecule has 0 heterocycles. The lowest BCUT2D eigenvalue weighted by Gasteiger charge is -2.13. The topological polar surface area (TPSA) is 47.6 Å². The number of hydrogen-bond donors (Lipinski definition) is 0. The van der Waals surface area contributed by atoms with Crippen molar-refractivity contribution < 1.29 is 0 Å². The maximum absolute atomic E-state index is 9.09. The number of hydrogen-bond acceptors (Lipinski definition) is 2. The van der Waals surface area contributed by atoms with Gasteiger partial charge in [-0.15, -0.1) is 0 Å². The van der Waals surface area contributed by atoms with E-state index in [0.717, 1.165) is 22.3 Å². The van der Waals surface area contributed by atoms with Crippen LogP contribution in [-0.4, -0.2) is 0 Å². The minimum absolute atomic E-state index is 0.661. The predicted octanol–water partition coefficient (Wildman–Crippen LogP) is 9.23. The van der Waals surface area contributed by atoms with E-state index in [-0.39, 0.29) is 0 Å². The zero-order valence-corrected chi connectivity index (χ0v) is 20.6. The molecule has 0 aliphatic rings. The van der Waals surface area contributed by atoms with Crippen LogP contribution in [-0.2, 0) is 0 Å². The first-order chi connectivity index (χ1) is 18.7. The van der Waals surface area contributed by atoms with Gasteiger partial charge in [-0.25, -0.2) is 0 Å². The fourth-order valence-electron chi connectivity index (χ4n) is 4.99. The fourth-order valence-corrected chi connectivity index (χ4v) is 4.99. The van der Waals surface area contributed by atoms with Gasteiger partial charge in [0.1, 0.15) is 0 Å². The van der Waals surface area contributed by atoms with E-state index in [9.17, 15) is 0 Å². The van der Waals surface area contributed by atoms with E-state index in [2.05, 4.69) is 97.1 Å². The van der Waals surface area contributed by atoms with Crippen molar-refractivity contribution in [3.05, 3.63) is 143 Å². The van der Waals surface area contributed by atoms with Crippen molar-refractivity contribution in [2.75, 3.05) is 0 Å². The molecule has 6 rings (SSSR count). The van der Waals surface area contributed by atoms with Gasteiger partial charge in [0.25, 0.3) is 0 Å². The molecule has 0 amide bonds. The first-order valence-electron chi connectivity index (χ1n) is 12.5. The van der Waals surface area contributed by atoms with Crippen LogP contribution in [0.5, 0.6) is 0 Å². The van der Waals surface area contributed by atoms with Crippen molar-refractivity contribution >= 4 is 56.6 Å². The maximum Gasteiger partial charge on any atom is 0.0991 e. The van der Waals surface area contributed by atoms with Crippen LogP contribution in [0.1, 0.15) is 33.4 Å². The van der Waals surface area contributed by atoms with Gasteiger partial charge in [-0.2, -0.15) is 10.5 Å². The van der Waals surface area contributed by atoms with E-state index in [1.165, 1.54) is 32.3 Å². The van der Waals surface area contributed by atoms with Gasteiger partial charge in [0.2, 0.25) is 0 Å². The molecule has 0 atom stereocenters. The lowest BCUT2D eigenvalue weighted by atomic mass is 9.91. The molecule has 38 heavy (non-hydrogen) atoms. The lowest BCUT2D eigenvalue weighted by Crippen LogP contribution is -1.87. The van der Waals surface area contributed by atoms with E-state index in [1.807, 2.05) is 48.5 Å². The number of nitrogens with zero attached hydrogens (tertiary/aromatic N) is 2. The summed E-state index contributed by atoms with van der Waals surface area (Å²) in [6, 6.07) is 41.3. The monoisotopic (exact) mass is 482 g/mol. The molecule has 6 aromatic rings. The van der Waals surface area contributed by atoms with Gasteiger partial charge < -0.3 is 0 Å². The van der Waals surface area contributed by atoms with Crippen LogP contribution in [0.25, 0.3) is 56.6 Å². The summed E-state index contributed by atoms with van der Waals surface area (Å²) in [7, 11) is 0. The number of benzene rings is 6. The highest BCUT2D eigenvalue weighted by Crippen LogP contribution is 2.36. The molecule has 6 aromatic carbocycles. The molecule has 0 unspecified atom stereocenters. The Morgan fingerprint density at radius 3 is 1.13 bits per heavy atom. The van der Waals surface area contributed by atoms with Crippen molar-refractivity contribution in [3.8, 4) is 12.1 Å². The third-order valence-corrected chi connectivity index (χ3v) is 6.94. The largest absolute Gasteiger partial charge is 0.192 e. The Morgan fingerprint density at radius 2 is 0.763 bits per heavy atom. The summed E-state index contributed by atoms with van der Waals surface area (Å²) >= 11 is 0. The standard InChI is InChI=1S/C36H22N2/c37-23-27-13-9-25(10-14-27)17-19-29-21-36-34-8-4-2-6-32(34)30(20-18-26-11-15-28(24-38)16-12-26)22-35(36)33-7-3-1-5-31(29)33/h1-22H/b19-17+,20-18+. The summed E-state index contributed by atoms with van der Waals surface area (Å²) in [6.07, 6.45) is 8.53. The van der Waals surface area contributed by atoms with Gasteiger partial charge in [-0.05, 0) is 91.0 Å². The van der Waals surface area contributed by atoms with E-state index in [1.54, 1.807) is 0 Å². The van der Waals surface area contributed by atoms with E-state index >= 15 is 0 Å². The average molecular weight is 483 g/mol. The molecule has 0 saturated carbocycles. The predicted molar refractivity (Wildman–Crippen MR) is 159 cm³/mol. The Labute approximate surface area is 221 Å². The van der Waals surface area contributed by atoms with Crippen molar-refractivity contribution in [1.29, 1.82) is 10.5 Å². The normalized spacial score (nSPS) is 11.4. The van der Waals surface area contributed by atoms with Crippen LogP contribution in [0, 0.1) is 22.7 Å². The molecule has 0 aromatic heterocycles. The highest BCUT2D eigenvalue weighted by atomic mass is 14.2. The van der Waals surface area contributed by atoms with Gasteiger partial charge >= 0.3 is 0 Å². The van der Waals surface area contributed by atoms with Crippen LogP contribution >= 0.6 is 0 Å². The summed E-state index contributed by atoms with van der Waals surface area (Å²) in [6.45, 7) is 0. The molecule has 2 heteroatoms. The highest BCUT2D eigenvalue weighted by Gasteiger charge is 2.10. The van der Waals surface area contributed by atoms with Crippen molar-refractivity contribution in [2.24, 2.45) is 0 Å². The summed E-state index contributed by atoms with van der Waals surface area (Å²) in [5.41, 5.74) is 5.75. The van der Waals surface area contributed by atoms with Gasteiger partial charge in [-0.1, -0.05) is 97.1 Å². The molecule has 0 aliphatic carbocycles. The second-order valence-electron chi connectivity index (χ2n) is 9.25. The van der Waals surface area contributed by atoms with Crippen molar-refractivity contribution in [1.82, 2.24) is 0 Å². The lowest BCUT2D eigenvalue weighted by molar-refractivity contribution is 1.48. The molecular formula is C36H22N2. The molecule has 0 N–H and O–H groups in total. The van der Waals surface area contributed by atoms with Crippen LogP contribution in [0.15, 0.2) is 109 Å². The Bertz CT molecular complexity index is 1810. The zero-order valence-electron chi connectivity index (χ0n) is 20.6. The maximum atomic E-state index is 9.09. The second-order valence-corrected chi connectivity index (χ2v) is 9.25. The summed E-state index contributed by atoms with van der Waals surface area (Å²) < 4.78 is 0. The SMILES string of the molecule is N#Cc1ccc(/C=C/c2cc3c4ccccc4c(/C=C/c4ccc(C#N)cc4)cc3c3ccccc23)cc1. The quantitative estimate of drug-likeness (QED) is 0.186. The molecular weight excluding hydrogens is 460 g/mol. The Kier molecular flexibility index (Phi) is 5.99. The van der Waals surface area contributed by atoms with Crippen LogP contribution in [0.3, 0.4) is 0 Å². The molecule has 0 aliphatic heterocycles. The smallest absolute Gasteiger partial charge is 0.0991 e. The summed E-state index contributed by atoms with van der Waals surface area (Å²) in [5, 5.41) is 25.4. The minimum Gasteiger partial charge on any atom is -0.192 e. The number of nitriles is 2. The Morgan fingerprint density at radius 1 is 0.395 bits per heavy atom. The first kappa shape index (κ1) is 23.0. The second kappa shape index (κ2) is 9.90. The number of rotatable bonds is 4. The summed E-state index contributed by atoms with van der Waals surface area (Å²) in [5.74, 6) is 0. The third kappa shape index (κ3) is 4.33. The third-order valence-electron chi connectivity index (χ3n) is 6.94. The van der Waals surface area contributed by atoms with Crippen molar-refractivity contribution in [3.63, 3.8) is 0 Å². The molecule has 0 saturated heterocycles. The first-order valence-corrected chi connectivity index (χ1v) is 12.5. The molecule has 176 valence electrons. The molecule has 0 fully saturated rings. The average Bonchev–Trinajstić information content (AvgIpc) is 2.99. The Balaban J connectivity index is 1.52. The van der Waals surface area contributed by atoms with Gasteiger partial charge in [-0.3, -0.25) is 0 Å².